The third-order valence-electron chi connectivity index (χ3n) is 6.09. The number of oxazole rings is 1. The van der Waals surface area contributed by atoms with Crippen molar-refractivity contribution >= 4 is 15.7 Å². The van der Waals surface area contributed by atoms with Crippen molar-refractivity contribution in [2.45, 2.75) is 31.4 Å². The molecule has 0 spiro atoms. The Kier molecular flexibility index (Phi) is 6.67. The fraction of sp³-hybridized carbons (Fsp3) is 0.360. The SMILES string of the molecule is CCN1CCN(C(=O)c2ccc(-c3nc(CS(=O)(=O)c4ccc(C)cc4)c(C)o3)cc2)CC1. The molecule has 0 aliphatic carbocycles. The van der Waals surface area contributed by atoms with E-state index in [2.05, 4.69) is 16.8 Å². The van der Waals surface area contributed by atoms with Crippen LogP contribution in [0.25, 0.3) is 11.5 Å². The fourth-order valence-electron chi connectivity index (χ4n) is 3.90. The highest BCUT2D eigenvalue weighted by Gasteiger charge is 2.23. The molecule has 174 valence electrons. The molecule has 1 saturated heterocycles. The number of amides is 1. The molecule has 3 aromatic rings. The highest BCUT2D eigenvalue weighted by molar-refractivity contribution is 7.90. The molecule has 0 saturated carbocycles. The molecule has 0 radical (unpaired) electrons. The highest BCUT2D eigenvalue weighted by Crippen LogP contribution is 2.25. The van der Waals surface area contributed by atoms with E-state index in [4.69, 9.17) is 4.42 Å². The minimum absolute atomic E-state index is 0.0192. The van der Waals surface area contributed by atoms with Gasteiger partial charge in [-0.25, -0.2) is 13.4 Å². The van der Waals surface area contributed by atoms with Crippen LogP contribution >= 0.6 is 0 Å². The van der Waals surface area contributed by atoms with Gasteiger partial charge in [-0.1, -0.05) is 24.6 Å². The number of aryl methyl sites for hydroxylation is 2. The van der Waals surface area contributed by atoms with Gasteiger partial charge in [0.15, 0.2) is 9.84 Å². The number of rotatable bonds is 6. The normalized spacial score (nSPS) is 15.1. The van der Waals surface area contributed by atoms with Gasteiger partial charge in [-0.15, -0.1) is 0 Å². The van der Waals surface area contributed by atoms with Gasteiger partial charge < -0.3 is 14.2 Å². The number of sulfone groups is 1. The second-order valence-corrected chi connectivity index (χ2v) is 10.4. The number of carbonyl (C=O) groups excluding carboxylic acids is 1. The Labute approximate surface area is 195 Å². The van der Waals surface area contributed by atoms with Crippen LogP contribution in [0.4, 0.5) is 0 Å². The van der Waals surface area contributed by atoms with E-state index in [-0.39, 0.29) is 16.6 Å². The van der Waals surface area contributed by atoms with Gasteiger partial charge >= 0.3 is 0 Å². The molecular formula is C25H29N3O4S. The zero-order valence-electron chi connectivity index (χ0n) is 19.2. The first kappa shape index (κ1) is 23.2. The lowest BCUT2D eigenvalue weighted by atomic mass is 10.1. The van der Waals surface area contributed by atoms with E-state index in [0.717, 1.165) is 38.3 Å². The van der Waals surface area contributed by atoms with Gasteiger partial charge in [0, 0.05) is 37.3 Å². The maximum atomic E-state index is 12.8. The van der Waals surface area contributed by atoms with Crippen LogP contribution in [0.1, 0.15) is 34.3 Å². The average molecular weight is 468 g/mol. The lowest BCUT2D eigenvalue weighted by molar-refractivity contribution is 0.0643. The van der Waals surface area contributed by atoms with E-state index >= 15 is 0 Å². The van der Waals surface area contributed by atoms with E-state index in [1.807, 2.05) is 11.8 Å². The van der Waals surface area contributed by atoms with Gasteiger partial charge in [-0.3, -0.25) is 4.79 Å². The molecule has 0 atom stereocenters. The van der Waals surface area contributed by atoms with E-state index < -0.39 is 9.84 Å². The molecule has 7 nitrogen and oxygen atoms in total. The molecule has 1 amide bonds. The first-order chi connectivity index (χ1) is 15.8. The molecule has 2 aromatic carbocycles. The van der Waals surface area contributed by atoms with Gasteiger partial charge in [0.05, 0.1) is 10.6 Å². The van der Waals surface area contributed by atoms with Gasteiger partial charge in [-0.2, -0.15) is 0 Å². The molecule has 0 bridgehead atoms. The van der Waals surface area contributed by atoms with Crippen LogP contribution < -0.4 is 0 Å². The summed E-state index contributed by atoms with van der Waals surface area (Å²) in [5.74, 6) is 0.601. The summed E-state index contributed by atoms with van der Waals surface area (Å²) < 4.78 is 31.4. The van der Waals surface area contributed by atoms with E-state index in [1.165, 1.54) is 0 Å². The Hall–Kier alpha value is -2.97. The maximum Gasteiger partial charge on any atom is 0.253 e. The molecule has 1 fully saturated rings. The molecule has 1 aliphatic heterocycles. The summed E-state index contributed by atoms with van der Waals surface area (Å²) in [7, 11) is -3.53. The van der Waals surface area contributed by atoms with Crippen LogP contribution in [-0.4, -0.2) is 61.8 Å². The van der Waals surface area contributed by atoms with E-state index in [0.29, 0.717) is 28.5 Å². The third kappa shape index (κ3) is 5.17. The molecule has 0 N–H and O–H groups in total. The maximum absolute atomic E-state index is 12.8. The van der Waals surface area contributed by atoms with Crippen molar-refractivity contribution in [1.29, 1.82) is 0 Å². The van der Waals surface area contributed by atoms with Crippen molar-refractivity contribution in [2.24, 2.45) is 0 Å². The molecule has 4 rings (SSSR count). The van der Waals surface area contributed by atoms with Crippen molar-refractivity contribution in [3.8, 4) is 11.5 Å². The Balaban J connectivity index is 1.47. The quantitative estimate of drug-likeness (QED) is 0.550. The Morgan fingerprint density at radius 1 is 0.970 bits per heavy atom. The fourth-order valence-corrected chi connectivity index (χ4v) is 5.24. The zero-order chi connectivity index (χ0) is 23.6. The second-order valence-electron chi connectivity index (χ2n) is 8.40. The third-order valence-corrected chi connectivity index (χ3v) is 7.73. The summed E-state index contributed by atoms with van der Waals surface area (Å²) >= 11 is 0. The molecular weight excluding hydrogens is 438 g/mol. The first-order valence-electron chi connectivity index (χ1n) is 11.1. The molecule has 8 heteroatoms. The zero-order valence-corrected chi connectivity index (χ0v) is 20.1. The Bertz CT molecular complexity index is 1220. The first-order valence-corrected chi connectivity index (χ1v) is 12.8. The van der Waals surface area contributed by atoms with Crippen molar-refractivity contribution in [1.82, 2.24) is 14.8 Å². The molecule has 1 aliphatic rings. The van der Waals surface area contributed by atoms with Crippen molar-refractivity contribution in [2.75, 3.05) is 32.7 Å². The largest absolute Gasteiger partial charge is 0.441 e. The number of hydrogen-bond acceptors (Lipinski definition) is 6. The predicted octanol–water partition coefficient (Wildman–Crippen LogP) is 3.71. The molecule has 1 aromatic heterocycles. The lowest BCUT2D eigenvalue weighted by Crippen LogP contribution is -2.48. The smallest absolute Gasteiger partial charge is 0.253 e. The van der Waals surface area contributed by atoms with Gasteiger partial charge in [0.1, 0.15) is 11.5 Å². The highest BCUT2D eigenvalue weighted by atomic mass is 32.2. The summed E-state index contributed by atoms with van der Waals surface area (Å²) in [5, 5.41) is 0. The van der Waals surface area contributed by atoms with E-state index in [1.54, 1.807) is 55.5 Å². The molecule has 0 unspecified atom stereocenters. The minimum Gasteiger partial charge on any atom is -0.441 e. The summed E-state index contributed by atoms with van der Waals surface area (Å²) in [5.41, 5.74) is 2.71. The number of piperazine rings is 1. The van der Waals surface area contributed by atoms with Crippen molar-refractivity contribution in [3.63, 3.8) is 0 Å². The lowest BCUT2D eigenvalue weighted by Gasteiger charge is -2.34. The monoisotopic (exact) mass is 467 g/mol. The summed E-state index contributed by atoms with van der Waals surface area (Å²) in [6, 6.07) is 13.9. The standard InChI is InChI=1S/C25H29N3O4S/c1-4-27-13-15-28(16-14-27)25(29)21-9-7-20(8-10-21)24-26-23(19(3)32-24)17-33(30,31)22-11-5-18(2)6-12-22/h5-12H,4,13-17H2,1-3H3. The Morgan fingerprint density at radius 2 is 1.61 bits per heavy atom. The topological polar surface area (TPSA) is 83.7 Å². The van der Waals surface area contributed by atoms with Crippen molar-refractivity contribution in [3.05, 3.63) is 71.1 Å². The number of carbonyl (C=O) groups is 1. The number of aromatic nitrogens is 1. The van der Waals surface area contributed by atoms with Gasteiger partial charge in [0.2, 0.25) is 5.89 Å². The van der Waals surface area contributed by atoms with Crippen LogP contribution in [0.2, 0.25) is 0 Å². The molecule has 33 heavy (non-hydrogen) atoms. The predicted molar refractivity (Wildman–Crippen MR) is 127 cm³/mol. The summed E-state index contributed by atoms with van der Waals surface area (Å²) in [4.78, 5) is 21.7. The van der Waals surface area contributed by atoms with Crippen molar-refractivity contribution < 1.29 is 17.6 Å². The second kappa shape index (κ2) is 9.49. The number of benzene rings is 2. The van der Waals surface area contributed by atoms with Crippen LogP contribution in [0.15, 0.2) is 57.8 Å². The van der Waals surface area contributed by atoms with Crippen LogP contribution in [0.3, 0.4) is 0 Å². The van der Waals surface area contributed by atoms with Gasteiger partial charge in [0.25, 0.3) is 5.91 Å². The number of hydrogen-bond donors (Lipinski definition) is 0. The van der Waals surface area contributed by atoms with Crippen LogP contribution in [0, 0.1) is 13.8 Å². The van der Waals surface area contributed by atoms with Crippen LogP contribution in [-0.2, 0) is 15.6 Å². The average Bonchev–Trinajstić information content (AvgIpc) is 3.18. The van der Waals surface area contributed by atoms with Crippen LogP contribution in [0.5, 0.6) is 0 Å². The van der Waals surface area contributed by atoms with E-state index in [9.17, 15) is 13.2 Å². The van der Waals surface area contributed by atoms with Gasteiger partial charge in [-0.05, 0) is 56.8 Å². The minimum atomic E-state index is -3.53. The summed E-state index contributed by atoms with van der Waals surface area (Å²) in [6.45, 7) is 10.00. The molecule has 2 heterocycles. The number of nitrogens with zero attached hydrogens (tertiary/aromatic N) is 3. The summed E-state index contributed by atoms with van der Waals surface area (Å²) in [6.07, 6.45) is 0. The Morgan fingerprint density at radius 3 is 2.21 bits per heavy atom. The number of likely N-dealkylation sites (N-methyl/N-ethyl adjacent to an activating group) is 1.